The molecule has 0 radical (unpaired) electrons. The van der Waals surface area contributed by atoms with Crippen LogP contribution in [0.25, 0.3) is 0 Å². The van der Waals surface area contributed by atoms with Crippen LogP contribution in [-0.4, -0.2) is 15.2 Å². The summed E-state index contributed by atoms with van der Waals surface area (Å²) in [5, 5.41) is 18.2. The Hall–Kier alpha value is -0.800. The van der Waals surface area contributed by atoms with Crippen molar-refractivity contribution in [2.45, 2.75) is 13.0 Å². The quantitative estimate of drug-likeness (QED) is 0.677. The molecule has 0 unspecified atom stereocenters. The predicted molar refractivity (Wildman–Crippen MR) is 41.5 cm³/mol. The first-order valence-corrected chi connectivity index (χ1v) is 3.51. The number of nitrogens with zero attached hydrogens (tertiary/aromatic N) is 1. The molecule has 1 heterocycles. The van der Waals surface area contributed by atoms with E-state index >= 15 is 0 Å². The minimum atomic E-state index is -0.705. The summed E-state index contributed by atoms with van der Waals surface area (Å²) in [4.78, 5) is 3.75. The van der Waals surface area contributed by atoms with E-state index < -0.39 is 6.10 Å². The van der Waals surface area contributed by atoms with E-state index in [0.717, 1.165) is 0 Å². The molecule has 0 aliphatic heterocycles. The Morgan fingerprint density at radius 2 is 2.27 bits per heavy atom. The third-order valence-electron chi connectivity index (χ3n) is 1.25. The fourth-order valence-electron chi connectivity index (χ4n) is 0.746. The lowest BCUT2D eigenvalue weighted by Gasteiger charge is -2.04. The number of halogens is 1. The van der Waals surface area contributed by atoms with Crippen molar-refractivity contribution in [2.75, 3.05) is 0 Å². The van der Waals surface area contributed by atoms with Gasteiger partial charge in [-0.05, 0) is 6.92 Å². The molecule has 2 N–H and O–H groups in total. The van der Waals surface area contributed by atoms with Gasteiger partial charge >= 0.3 is 0 Å². The molecule has 0 aliphatic carbocycles. The average Bonchev–Trinajstić information content (AvgIpc) is 1.85. The van der Waals surface area contributed by atoms with Gasteiger partial charge in [0.15, 0.2) is 0 Å². The summed E-state index contributed by atoms with van der Waals surface area (Å²) in [6.45, 7) is 1.56. The first-order valence-electron chi connectivity index (χ1n) is 3.13. The second-order valence-electron chi connectivity index (χ2n) is 2.24. The Bertz CT molecular complexity index is 263. The van der Waals surface area contributed by atoms with E-state index in [1.165, 1.54) is 12.3 Å². The number of hydrogen-bond acceptors (Lipinski definition) is 3. The standard InChI is InChI=1S/C7H8ClNO2/c1-4(10)7-6(8)2-5(11)3-9-7/h2-4,10-11H,1H3/t4-/m0/s1. The van der Waals surface area contributed by atoms with E-state index in [1.54, 1.807) is 6.92 Å². The SMILES string of the molecule is C[C@H](O)c1ncc(O)cc1Cl. The van der Waals surface area contributed by atoms with Crippen LogP contribution in [0.5, 0.6) is 5.75 Å². The van der Waals surface area contributed by atoms with Crippen molar-refractivity contribution in [3.05, 3.63) is 23.0 Å². The minimum absolute atomic E-state index is 0.000556. The lowest BCUT2D eigenvalue weighted by Crippen LogP contribution is -1.95. The molecule has 3 nitrogen and oxygen atoms in total. The molecular weight excluding hydrogens is 166 g/mol. The highest BCUT2D eigenvalue weighted by atomic mass is 35.5. The average molecular weight is 174 g/mol. The van der Waals surface area contributed by atoms with Crippen LogP contribution in [-0.2, 0) is 0 Å². The molecular formula is C7H8ClNO2. The van der Waals surface area contributed by atoms with E-state index in [2.05, 4.69) is 4.98 Å². The number of pyridine rings is 1. The van der Waals surface area contributed by atoms with Gasteiger partial charge in [0, 0.05) is 6.07 Å². The van der Waals surface area contributed by atoms with Crippen LogP contribution in [0.4, 0.5) is 0 Å². The fourth-order valence-corrected chi connectivity index (χ4v) is 1.06. The van der Waals surface area contributed by atoms with Gasteiger partial charge in [-0.2, -0.15) is 0 Å². The van der Waals surface area contributed by atoms with Crippen LogP contribution in [0, 0.1) is 0 Å². The summed E-state index contributed by atoms with van der Waals surface area (Å²) >= 11 is 5.64. The molecule has 0 aliphatic rings. The maximum atomic E-state index is 9.07. The molecule has 0 aromatic carbocycles. The van der Waals surface area contributed by atoms with Crippen molar-refractivity contribution in [1.29, 1.82) is 0 Å². The number of aromatic hydroxyl groups is 1. The van der Waals surface area contributed by atoms with Gasteiger partial charge in [-0.1, -0.05) is 11.6 Å². The summed E-state index contributed by atoms with van der Waals surface area (Å²) in [5.41, 5.74) is 0.379. The Kier molecular flexibility index (Phi) is 2.31. The number of aliphatic hydroxyl groups excluding tert-OH is 1. The molecule has 0 amide bonds. The summed E-state index contributed by atoms with van der Waals surface area (Å²) < 4.78 is 0. The zero-order valence-corrected chi connectivity index (χ0v) is 6.71. The van der Waals surface area contributed by atoms with E-state index in [0.29, 0.717) is 5.69 Å². The molecule has 1 aromatic heterocycles. The zero-order chi connectivity index (χ0) is 8.43. The van der Waals surface area contributed by atoms with Crippen LogP contribution < -0.4 is 0 Å². The monoisotopic (exact) mass is 173 g/mol. The number of aliphatic hydroxyl groups is 1. The van der Waals surface area contributed by atoms with Crippen LogP contribution in [0.2, 0.25) is 5.02 Å². The van der Waals surface area contributed by atoms with Crippen molar-refractivity contribution in [3.8, 4) is 5.75 Å². The van der Waals surface area contributed by atoms with Crippen LogP contribution in [0.15, 0.2) is 12.3 Å². The second-order valence-corrected chi connectivity index (χ2v) is 2.64. The fraction of sp³-hybridized carbons (Fsp3) is 0.286. The van der Waals surface area contributed by atoms with E-state index in [9.17, 15) is 0 Å². The van der Waals surface area contributed by atoms with E-state index in [4.69, 9.17) is 21.8 Å². The lowest BCUT2D eigenvalue weighted by atomic mass is 10.2. The maximum Gasteiger partial charge on any atom is 0.135 e. The molecule has 4 heteroatoms. The molecule has 0 saturated heterocycles. The Labute approximate surface area is 69.3 Å². The molecule has 11 heavy (non-hydrogen) atoms. The topological polar surface area (TPSA) is 53.4 Å². The molecule has 0 spiro atoms. The highest BCUT2D eigenvalue weighted by Crippen LogP contribution is 2.23. The highest BCUT2D eigenvalue weighted by molar-refractivity contribution is 6.31. The first-order chi connectivity index (χ1) is 5.11. The molecule has 0 saturated carbocycles. The summed E-state index contributed by atoms with van der Waals surface area (Å²) in [5.74, 6) is -0.000556. The lowest BCUT2D eigenvalue weighted by molar-refractivity contribution is 0.194. The third-order valence-corrected chi connectivity index (χ3v) is 1.55. The molecule has 0 bridgehead atoms. The smallest absolute Gasteiger partial charge is 0.135 e. The number of hydrogen-bond donors (Lipinski definition) is 2. The summed E-state index contributed by atoms with van der Waals surface area (Å²) in [6.07, 6.45) is 0.539. The van der Waals surface area contributed by atoms with Crippen molar-refractivity contribution in [2.24, 2.45) is 0 Å². The van der Waals surface area contributed by atoms with Crippen LogP contribution >= 0.6 is 11.6 Å². The predicted octanol–water partition coefficient (Wildman–Crippen LogP) is 1.49. The number of aromatic nitrogens is 1. The Morgan fingerprint density at radius 1 is 1.64 bits per heavy atom. The van der Waals surface area contributed by atoms with Crippen molar-refractivity contribution in [3.63, 3.8) is 0 Å². The second kappa shape index (κ2) is 3.07. The van der Waals surface area contributed by atoms with Gasteiger partial charge < -0.3 is 10.2 Å². The molecule has 0 fully saturated rings. The Balaban J connectivity index is 3.09. The van der Waals surface area contributed by atoms with Gasteiger partial charge in [-0.3, -0.25) is 4.98 Å². The molecule has 1 rings (SSSR count). The minimum Gasteiger partial charge on any atom is -0.506 e. The highest BCUT2D eigenvalue weighted by Gasteiger charge is 2.07. The van der Waals surface area contributed by atoms with Crippen LogP contribution in [0.3, 0.4) is 0 Å². The molecule has 1 aromatic rings. The normalized spacial score (nSPS) is 13.0. The van der Waals surface area contributed by atoms with Gasteiger partial charge in [-0.25, -0.2) is 0 Å². The van der Waals surface area contributed by atoms with Gasteiger partial charge in [0.1, 0.15) is 5.75 Å². The van der Waals surface area contributed by atoms with Gasteiger partial charge in [0.05, 0.1) is 23.0 Å². The zero-order valence-electron chi connectivity index (χ0n) is 5.95. The van der Waals surface area contributed by atoms with Gasteiger partial charge in [-0.15, -0.1) is 0 Å². The molecule has 60 valence electrons. The van der Waals surface area contributed by atoms with Gasteiger partial charge in [0.2, 0.25) is 0 Å². The van der Waals surface area contributed by atoms with Crippen molar-refractivity contribution in [1.82, 2.24) is 4.98 Å². The Morgan fingerprint density at radius 3 is 2.73 bits per heavy atom. The summed E-state index contributed by atoms with van der Waals surface area (Å²) in [6, 6.07) is 1.34. The largest absolute Gasteiger partial charge is 0.506 e. The van der Waals surface area contributed by atoms with Crippen molar-refractivity contribution >= 4 is 11.6 Å². The van der Waals surface area contributed by atoms with E-state index in [-0.39, 0.29) is 10.8 Å². The first kappa shape index (κ1) is 8.30. The van der Waals surface area contributed by atoms with E-state index in [1.807, 2.05) is 0 Å². The van der Waals surface area contributed by atoms with Crippen LogP contribution in [0.1, 0.15) is 18.7 Å². The maximum absolute atomic E-state index is 9.07. The third kappa shape index (κ3) is 1.82. The van der Waals surface area contributed by atoms with Crippen molar-refractivity contribution < 1.29 is 10.2 Å². The number of rotatable bonds is 1. The van der Waals surface area contributed by atoms with Gasteiger partial charge in [0.25, 0.3) is 0 Å². The summed E-state index contributed by atoms with van der Waals surface area (Å²) in [7, 11) is 0. The molecule has 1 atom stereocenters.